The molecule has 0 aliphatic heterocycles. The van der Waals surface area contributed by atoms with Gasteiger partial charge in [-0.05, 0) is 64.2 Å². The summed E-state index contributed by atoms with van der Waals surface area (Å²) >= 11 is 0. The lowest BCUT2D eigenvalue weighted by Crippen LogP contribution is -2.28. The molecule has 0 aliphatic rings. The number of ether oxygens (including phenoxy) is 1. The Morgan fingerprint density at radius 2 is 0.907 bits per heavy atom. The van der Waals surface area contributed by atoms with Crippen molar-refractivity contribution in [3.05, 3.63) is 48.6 Å². The fraction of sp³-hybridized carbons (Fsp3) is 0.771. The number of aliphatic carboxylic acids is 1. The number of unbranched alkanes of at least 4 members (excludes halogenated alkanes) is 22. The largest absolute Gasteiger partial charge is 0.480 e. The van der Waals surface area contributed by atoms with Gasteiger partial charge >= 0.3 is 11.9 Å². The zero-order valence-corrected chi connectivity index (χ0v) is 35.3. The molecule has 0 aromatic rings. The van der Waals surface area contributed by atoms with Crippen molar-refractivity contribution in [2.45, 2.75) is 232 Å². The molecule has 0 aromatic heterocycles. The van der Waals surface area contributed by atoms with Gasteiger partial charge in [-0.15, -0.1) is 0 Å². The van der Waals surface area contributed by atoms with Gasteiger partial charge < -0.3 is 15.2 Å². The van der Waals surface area contributed by atoms with Crippen LogP contribution in [0, 0.1) is 0 Å². The van der Waals surface area contributed by atoms with E-state index in [1.54, 1.807) is 0 Å². The number of rotatable bonds is 41. The van der Waals surface area contributed by atoms with Crippen molar-refractivity contribution < 1.29 is 24.2 Å². The summed E-state index contributed by atoms with van der Waals surface area (Å²) in [6, 6.07) is 0. The van der Waals surface area contributed by atoms with Crippen LogP contribution in [0.15, 0.2) is 48.6 Å². The van der Waals surface area contributed by atoms with E-state index in [1.165, 1.54) is 109 Å². The van der Waals surface area contributed by atoms with Crippen LogP contribution in [-0.4, -0.2) is 35.6 Å². The summed E-state index contributed by atoms with van der Waals surface area (Å²) in [6.07, 6.45) is 55.3. The monoisotopic (exact) mass is 756 g/mol. The van der Waals surface area contributed by atoms with E-state index in [0.717, 1.165) is 89.9 Å². The van der Waals surface area contributed by atoms with Gasteiger partial charge in [0, 0.05) is 12.8 Å². The first-order chi connectivity index (χ1) is 26.5. The highest BCUT2D eigenvalue weighted by Crippen LogP contribution is 2.18. The number of amides is 1. The zero-order valence-electron chi connectivity index (χ0n) is 35.3. The van der Waals surface area contributed by atoms with Crippen molar-refractivity contribution in [3.8, 4) is 0 Å². The molecule has 0 bridgehead atoms. The quantitative estimate of drug-likeness (QED) is 0.0368. The highest BCUT2D eigenvalue weighted by Gasteiger charge is 2.14. The Morgan fingerprint density at radius 3 is 1.37 bits per heavy atom. The third-order valence-corrected chi connectivity index (χ3v) is 10.0. The molecule has 0 heterocycles. The van der Waals surface area contributed by atoms with Gasteiger partial charge in [-0.25, -0.2) is 0 Å². The molecule has 312 valence electrons. The average Bonchev–Trinajstić information content (AvgIpc) is 3.16. The van der Waals surface area contributed by atoms with E-state index in [1.807, 2.05) is 0 Å². The van der Waals surface area contributed by atoms with Crippen LogP contribution >= 0.6 is 0 Å². The molecule has 0 spiro atoms. The second kappa shape index (κ2) is 43.1. The van der Waals surface area contributed by atoms with Gasteiger partial charge in [0.1, 0.15) is 12.6 Å². The molecule has 0 saturated heterocycles. The molecule has 6 heteroatoms. The standard InChI is InChI=1S/C48H85NO5/c1-3-5-7-9-11-13-15-17-18-19-20-21-22-24-26-28-30-35-39-43-48(53)54-45(41-37-33-31-34-38-42-46(50)49-44-47(51)52)40-36-32-29-27-25-23-16-14-12-10-8-6-4-2/h6,8,12,14,23,25,29,32,45H,3-5,7,9-11,13,15-22,24,26-28,30-31,33-44H2,1-2H3,(H,49,50)(H,51,52)/b8-6-,14-12-,25-23-,32-29-. The highest BCUT2D eigenvalue weighted by molar-refractivity contribution is 5.80. The molecule has 1 atom stereocenters. The lowest BCUT2D eigenvalue weighted by molar-refractivity contribution is -0.150. The molecule has 0 aromatic carbocycles. The van der Waals surface area contributed by atoms with Crippen molar-refractivity contribution in [1.82, 2.24) is 5.32 Å². The second-order valence-electron chi connectivity index (χ2n) is 15.3. The number of hydrogen-bond acceptors (Lipinski definition) is 4. The summed E-state index contributed by atoms with van der Waals surface area (Å²) in [5.41, 5.74) is 0. The minimum Gasteiger partial charge on any atom is -0.480 e. The molecule has 6 nitrogen and oxygen atoms in total. The molecule has 1 amide bonds. The third kappa shape index (κ3) is 42.1. The van der Waals surface area contributed by atoms with Crippen LogP contribution in [0.3, 0.4) is 0 Å². The van der Waals surface area contributed by atoms with E-state index in [4.69, 9.17) is 9.84 Å². The fourth-order valence-electron chi connectivity index (χ4n) is 6.68. The first kappa shape index (κ1) is 51.4. The smallest absolute Gasteiger partial charge is 0.322 e. The first-order valence-corrected chi connectivity index (χ1v) is 22.8. The van der Waals surface area contributed by atoms with Crippen LogP contribution < -0.4 is 5.32 Å². The lowest BCUT2D eigenvalue weighted by atomic mass is 10.0. The number of carboxylic acid groups (broad SMARTS) is 1. The minimum absolute atomic E-state index is 0.0493. The van der Waals surface area contributed by atoms with Crippen LogP contribution in [0.1, 0.15) is 226 Å². The zero-order chi connectivity index (χ0) is 39.4. The number of hydrogen-bond donors (Lipinski definition) is 2. The second-order valence-corrected chi connectivity index (χ2v) is 15.3. The molecule has 54 heavy (non-hydrogen) atoms. The van der Waals surface area contributed by atoms with Gasteiger partial charge in [0.25, 0.3) is 0 Å². The summed E-state index contributed by atoms with van der Waals surface area (Å²) in [5, 5.41) is 11.1. The van der Waals surface area contributed by atoms with E-state index in [9.17, 15) is 14.4 Å². The van der Waals surface area contributed by atoms with Gasteiger partial charge in [0.05, 0.1) is 0 Å². The molecular weight excluding hydrogens is 671 g/mol. The number of carbonyl (C=O) groups excluding carboxylic acids is 2. The van der Waals surface area contributed by atoms with Gasteiger partial charge in [0.15, 0.2) is 0 Å². The van der Waals surface area contributed by atoms with Crippen LogP contribution in [-0.2, 0) is 19.1 Å². The molecule has 2 N–H and O–H groups in total. The van der Waals surface area contributed by atoms with Crippen LogP contribution in [0.5, 0.6) is 0 Å². The maximum Gasteiger partial charge on any atom is 0.322 e. The van der Waals surface area contributed by atoms with Crippen LogP contribution in [0.25, 0.3) is 0 Å². The van der Waals surface area contributed by atoms with E-state index in [-0.39, 0.29) is 24.5 Å². The van der Waals surface area contributed by atoms with E-state index < -0.39 is 5.97 Å². The van der Waals surface area contributed by atoms with Crippen LogP contribution in [0.2, 0.25) is 0 Å². The van der Waals surface area contributed by atoms with Gasteiger partial charge in [-0.3, -0.25) is 14.4 Å². The SMILES string of the molecule is CC/C=C\C/C=C\C/C=C\C/C=C\CCC(CCCCCCCC(=O)NCC(=O)O)OC(=O)CCCCCCCCCCCCCCCCCCCCC. The van der Waals surface area contributed by atoms with Crippen molar-refractivity contribution in [2.75, 3.05) is 6.54 Å². The maximum atomic E-state index is 12.8. The minimum atomic E-state index is -1.02. The van der Waals surface area contributed by atoms with Crippen molar-refractivity contribution in [2.24, 2.45) is 0 Å². The Hall–Kier alpha value is -2.63. The summed E-state index contributed by atoms with van der Waals surface area (Å²) < 4.78 is 6.00. The molecule has 0 saturated carbocycles. The first-order valence-electron chi connectivity index (χ1n) is 22.8. The average molecular weight is 756 g/mol. The van der Waals surface area contributed by atoms with E-state index in [0.29, 0.717) is 12.8 Å². The number of carbonyl (C=O) groups is 3. The third-order valence-electron chi connectivity index (χ3n) is 10.0. The molecule has 0 aliphatic carbocycles. The number of nitrogens with one attached hydrogen (secondary N) is 1. The Labute approximate surface area is 333 Å². The van der Waals surface area contributed by atoms with Crippen molar-refractivity contribution in [3.63, 3.8) is 0 Å². The number of esters is 1. The Kier molecular flexibility index (Phi) is 41.0. The van der Waals surface area contributed by atoms with E-state index >= 15 is 0 Å². The summed E-state index contributed by atoms with van der Waals surface area (Å²) in [4.78, 5) is 35.1. The Bertz CT molecular complexity index is 968. The summed E-state index contributed by atoms with van der Waals surface area (Å²) in [5.74, 6) is -1.28. The summed E-state index contributed by atoms with van der Waals surface area (Å²) in [7, 11) is 0. The normalized spacial score (nSPS) is 12.5. The molecule has 0 fully saturated rings. The predicted molar refractivity (Wildman–Crippen MR) is 231 cm³/mol. The van der Waals surface area contributed by atoms with Gasteiger partial charge in [-0.1, -0.05) is 197 Å². The highest BCUT2D eigenvalue weighted by atomic mass is 16.5. The van der Waals surface area contributed by atoms with Crippen molar-refractivity contribution >= 4 is 17.8 Å². The Morgan fingerprint density at radius 1 is 0.500 bits per heavy atom. The lowest BCUT2D eigenvalue weighted by Gasteiger charge is -2.17. The maximum absolute atomic E-state index is 12.8. The molecular formula is C48H85NO5. The number of allylic oxidation sites excluding steroid dienone is 8. The molecule has 0 rings (SSSR count). The summed E-state index contributed by atoms with van der Waals surface area (Å²) in [6.45, 7) is 4.12. The fourth-order valence-corrected chi connectivity index (χ4v) is 6.68. The van der Waals surface area contributed by atoms with E-state index in [2.05, 4.69) is 67.8 Å². The van der Waals surface area contributed by atoms with Gasteiger partial charge in [-0.2, -0.15) is 0 Å². The predicted octanol–water partition coefficient (Wildman–Crippen LogP) is 14.2. The number of carboxylic acids is 1. The van der Waals surface area contributed by atoms with Gasteiger partial charge in [0.2, 0.25) is 5.91 Å². The van der Waals surface area contributed by atoms with Crippen molar-refractivity contribution in [1.29, 1.82) is 0 Å². The topological polar surface area (TPSA) is 92.7 Å². The Balaban J connectivity index is 4.18. The molecule has 0 radical (unpaired) electrons. The van der Waals surface area contributed by atoms with Crippen LogP contribution in [0.4, 0.5) is 0 Å². The molecule has 1 unspecified atom stereocenters.